The van der Waals surface area contributed by atoms with Crippen LogP contribution in [0.15, 0.2) is 66.2 Å². The second-order valence-corrected chi connectivity index (χ2v) is 5.80. The number of rotatable bonds is 2. The van der Waals surface area contributed by atoms with E-state index in [1.165, 1.54) is 5.56 Å². The van der Waals surface area contributed by atoms with Crippen molar-refractivity contribution in [1.82, 2.24) is 0 Å². The molecule has 3 nitrogen and oxygen atoms in total. The predicted molar refractivity (Wildman–Crippen MR) is 91.0 cm³/mol. The van der Waals surface area contributed by atoms with Crippen LogP contribution in [0.25, 0.3) is 0 Å². The summed E-state index contributed by atoms with van der Waals surface area (Å²) >= 11 is 0. The van der Waals surface area contributed by atoms with Crippen LogP contribution in [0.4, 0.5) is 11.4 Å². The molecule has 1 N–H and O–H groups in total. The van der Waals surface area contributed by atoms with E-state index < -0.39 is 0 Å². The largest absolute Gasteiger partial charge is 0.375 e. The topological polar surface area (TPSA) is 32.3 Å². The number of para-hydroxylation sites is 2. The van der Waals surface area contributed by atoms with Gasteiger partial charge >= 0.3 is 0 Å². The molecule has 0 bridgehead atoms. The van der Waals surface area contributed by atoms with Gasteiger partial charge < -0.3 is 10.2 Å². The molecule has 2 aromatic rings. The molecule has 0 aliphatic carbocycles. The van der Waals surface area contributed by atoms with Crippen molar-refractivity contribution in [3.05, 3.63) is 71.8 Å². The lowest BCUT2D eigenvalue weighted by Gasteiger charge is -2.35. The van der Waals surface area contributed by atoms with E-state index in [9.17, 15) is 4.79 Å². The maximum absolute atomic E-state index is 12.6. The lowest BCUT2D eigenvalue weighted by Crippen LogP contribution is -2.40. The number of nitrogens with zero attached hydrogens (tertiary/aromatic N) is 1. The van der Waals surface area contributed by atoms with Gasteiger partial charge in [0.2, 0.25) is 0 Å². The van der Waals surface area contributed by atoms with Gasteiger partial charge in [-0.3, -0.25) is 4.79 Å². The van der Waals surface area contributed by atoms with Gasteiger partial charge in [0.05, 0.1) is 24.0 Å². The first-order valence-corrected chi connectivity index (χ1v) is 7.52. The van der Waals surface area contributed by atoms with Crippen LogP contribution in [-0.2, 0) is 4.79 Å². The number of fused-ring (bicyclic) bond motifs is 1. The minimum atomic E-state index is 0.0369. The maximum Gasteiger partial charge on any atom is 0.251 e. The van der Waals surface area contributed by atoms with Crippen molar-refractivity contribution in [2.24, 2.45) is 0 Å². The third kappa shape index (κ3) is 2.89. The molecular formula is C19H20N2O. The second kappa shape index (κ2) is 6.06. The molecule has 1 aliphatic rings. The molecule has 1 unspecified atom stereocenters. The monoisotopic (exact) mass is 292 g/mol. The fourth-order valence-corrected chi connectivity index (χ4v) is 2.75. The van der Waals surface area contributed by atoms with Gasteiger partial charge in [0, 0.05) is 6.08 Å². The van der Waals surface area contributed by atoms with Crippen LogP contribution in [0, 0.1) is 0 Å². The average molecular weight is 292 g/mol. The Hall–Kier alpha value is -2.55. The molecule has 1 amide bonds. The minimum Gasteiger partial charge on any atom is -0.375 e. The highest BCUT2D eigenvalue weighted by molar-refractivity contribution is 6.04. The summed E-state index contributed by atoms with van der Waals surface area (Å²) in [7, 11) is 0. The van der Waals surface area contributed by atoms with Crippen molar-refractivity contribution in [1.29, 1.82) is 0 Å². The molecule has 0 saturated carbocycles. The van der Waals surface area contributed by atoms with E-state index in [-0.39, 0.29) is 11.9 Å². The van der Waals surface area contributed by atoms with E-state index in [1.807, 2.05) is 61.2 Å². The molecular weight excluding hydrogens is 272 g/mol. The Kier molecular flexibility index (Phi) is 3.96. The van der Waals surface area contributed by atoms with E-state index in [1.54, 1.807) is 6.08 Å². The van der Waals surface area contributed by atoms with Crippen molar-refractivity contribution in [2.45, 2.75) is 19.9 Å². The van der Waals surface area contributed by atoms with Crippen molar-refractivity contribution >= 4 is 17.3 Å². The van der Waals surface area contributed by atoms with Gasteiger partial charge in [-0.25, -0.2) is 0 Å². The number of allylic oxidation sites excluding steroid dienone is 1. The first-order chi connectivity index (χ1) is 10.6. The molecule has 22 heavy (non-hydrogen) atoms. The summed E-state index contributed by atoms with van der Waals surface area (Å²) in [6.07, 6.45) is 1.70. The van der Waals surface area contributed by atoms with Crippen molar-refractivity contribution in [3.63, 3.8) is 0 Å². The second-order valence-electron chi connectivity index (χ2n) is 5.80. The van der Waals surface area contributed by atoms with Crippen molar-refractivity contribution < 1.29 is 4.79 Å². The van der Waals surface area contributed by atoms with Gasteiger partial charge in [0.25, 0.3) is 5.91 Å². The molecule has 1 aliphatic heterocycles. The molecule has 2 aromatic carbocycles. The SMILES string of the molecule is CC(C)=CC(=O)N1CC(c2ccccc2)Nc2ccccc21. The minimum absolute atomic E-state index is 0.0369. The normalized spacial score (nSPS) is 16.5. The number of anilines is 2. The summed E-state index contributed by atoms with van der Waals surface area (Å²) in [5, 5.41) is 3.54. The molecule has 3 rings (SSSR count). The highest BCUT2D eigenvalue weighted by atomic mass is 16.2. The molecule has 0 aromatic heterocycles. The fourth-order valence-electron chi connectivity index (χ4n) is 2.75. The third-order valence-electron chi connectivity index (χ3n) is 3.77. The number of hydrogen-bond acceptors (Lipinski definition) is 2. The Morgan fingerprint density at radius 1 is 1.09 bits per heavy atom. The smallest absolute Gasteiger partial charge is 0.251 e. The molecule has 1 atom stereocenters. The fraction of sp³-hybridized carbons (Fsp3) is 0.211. The molecule has 0 saturated heterocycles. The third-order valence-corrected chi connectivity index (χ3v) is 3.77. The Morgan fingerprint density at radius 2 is 1.77 bits per heavy atom. The summed E-state index contributed by atoms with van der Waals surface area (Å²) in [6.45, 7) is 4.52. The summed E-state index contributed by atoms with van der Waals surface area (Å²) in [5.74, 6) is 0.0369. The van der Waals surface area contributed by atoms with Crippen LogP contribution in [0.1, 0.15) is 25.5 Å². The molecule has 1 heterocycles. The quantitative estimate of drug-likeness (QED) is 0.843. The number of benzene rings is 2. The highest BCUT2D eigenvalue weighted by Crippen LogP contribution is 2.35. The summed E-state index contributed by atoms with van der Waals surface area (Å²) in [6, 6.07) is 18.3. The number of hydrogen-bond donors (Lipinski definition) is 1. The average Bonchev–Trinajstić information content (AvgIpc) is 2.54. The van der Waals surface area contributed by atoms with E-state index in [4.69, 9.17) is 0 Å². The zero-order valence-electron chi connectivity index (χ0n) is 12.9. The summed E-state index contributed by atoms with van der Waals surface area (Å²) in [5.41, 5.74) is 4.14. The zero-order chi connectivity index (χ0) is 15.5. The number of amides is 1. The van der Waals surface area contributed by atoms with Crippen molar-refractivity contribution in [3.8, 4) is 0 Å². The molecule has 0 radical (unpaired) electrons. The summed E-state index contributed by atoms with van der Waals surface area (Å²) < 4.78 is 0. The van der Waals surface area contributed by atoms with Gasteiger partial charge in [-0.05, 0) is 31.5 Å². The van der Waals surface area contributed by atoms with Crippen LogP contribution in [0.2, 0.25) is 0 Å². The Bertz CT molecular complexity index is 702. The van der Waals surface area contributed by atoms with Crippen LogP contribution < -0.4 is 10.2 Å². The van der Waals surface area contributed by atoms with E-state index in [0.29, 0.717) is 6.54 Å². The standard InChI is InChI=1S/C19H20N2O/c1-14(2)12-19(22)21-13-17(15-8-4-3-5-9-15)20-16-10-6-7-11-18(16)21/h3-12,17,20H,13H2,1-2H3. The van der Waals surface area contributed by atoms with Gasteiger partial charge in [-0.1, -0.05) is 48.0 Å². The highest BCUT2D eigenvalue weighted by Gasteiger charge is 2.27. The van der Waals surface area contributed by atoms with Crippen molar-refractivity contribution in [2.75, 3.05) is 16.8 Å². The number of carbonyl (C=O) groups excluding carboxylic acids is 1. The molecule has 112 valence electrons. The first kappa shape index (κ1) is 14.4. The molecule has 3 heteroatoms. The van der Waals surface area contributed by atoms with Gasteiger partial charge in [-0.2, -0.15) is 0 Å². The molecule has 0 fully saturated rings. The van der Waals surface area contributed by atoms with Gasteiger partial charge in [0.15, 0.2) is 0 Å². The van der Waals surface area contributed by atoms with Gasteiger partial charge in [0.1, 0.15) is 0 Å². The number of nitrogens with one attached hydrogen (secondary N) is 1. The van der Waals surface area contributed by atoms with Crippen LogP contribution >= 0.6 is 0 Å². The lowest BCUT2D eigenvalue weighted by atomic mass is 10.0. The molecule has 0 spiro atoms. The Balaban J connectivity index is 1.98. The predicted octanol–water partition coefficient (Wildman–Crippen LogP) is 4.15. The Morgan fingerprint density at radius 3 is 2.50 bits per heavy atom. The zero-order valence-corrected chi connectivity index (χ0v) is 12.9. The first-order valence-electron chi connectivity index (χ1n) is 7.52. The van der Waals surface area contributed by atoms with E-state index in [2.05, 4.69) is 17.4 Å². The lowest BCUT2D eigenvalue weighted by molar-refractivity contribution is -0.114. The maximum atomic E-state index is 12.6. The summed E-state index contributed by atoms with van der Waals surface area (Å²) in [4.78, 5) is 14.4. The van der Waals surface area contributed by atoms with Crippen LogP contribution in [0.3, 0.4) is 0 Å². The Labute approximate surface area is 131 Å². The van der Waals surface area contributed by atoms with Crippen LogP contribution in [-0.4, -0.2) is 12.5 Å². The van der Waals surface area contributed by atoms with E-state index in [0.717, 1.165) is 16.9 Å². The van der Waals surface area contributed by atoms with Gasteiger partial charge in [-0.15, -0.1) is 0 Å². The van der Waals surface area contributed by atoms with E-state index >= 15 is 0 Å². The van der Waals surface area contributed by atoms with Crippen LogP contribution in [0.5, 0.6) is 0 Å². The number of carbonyl (C=O) groups is 1.